The summed E-state index contributed by atoms with van der Waals surface area (Å²) in [7, 11) is 0. The van der Waals surface area contributed by atoms with Gasteiger partial charge in [-0.2, -0.15) is 0 Å². The molecule has 2 nitrogen and oxygen atoms in total. The summed E-state index contributed by atoms with van der Waals surface area (Å²) in [5.74, 6) is 0.744. The number of aliphatic hydroxyl groups is 1. The lowest BCUT2D eigenvalue weighted by molar-refractivity contribution is 0.191. The summed E-state index contributed by atoms with van der Waals surface area (Å²) in [6, 6.07) is 5.66. The molecule has 0 aliphatic carbocycles. The van der Waals surface area contributed by atoms with Gasteiger partial charge in [-0.15, -0.1) is 6.58 Å². The SMILES string of the molecule is C=CCCCOc1cc(Br)ccc1[C@H](C)O. The highest BCUT2D eigenvalue weighted by Crippen LogP contribution is 2.28. The highest BCUT2D eigenvalue weighted by Gasteiger charge is 2.09. The lowest BCUT2D eigenvalue weighted by Crippen LogP contribution is -2.02. The van der Waals surface area contributed by atoms with Crippen LogP contribution >= 0.6 is 15.9 Å². The molecule has 0 amide bonds. The Morgan fingerprint density at radius 2 is 2.31 bits per heavy atom. The molecule has 0 fully saturated rings. The van der Waals surface area contributed by atoms with E-state index in [0.717, 1.165) is 28.6 Å². The van der Waals surface area contributed by atoms with E-state index in [-0.39, 0.29) is 0 Å². The summed E-state index contributed by atoms with van der Waals surface area (Å²) in [5, 5.41) is 9.59. The van der Waals surface area contributed by atoms with Gasteiger partial charge in [0.2, 0.25) is 0 Å². The summed E-state index contributed by atoms with van der Waals surface area (Å²) in [5.41, 5.74) is 0.821. The van der Waals surface area contributed by atoms with Crippen molar-refractivity contribution >= 4 is 15.9 Å². The van der Waals surface area contributed by atoms with Crippen LogP contribution in [0.3, 0.4) is 0 Å². The molecule has 3 heteroatoms. The number of halogens is 1. The second-order valence-corrected chi connectivity index (χ2v) is 4.55. The predicted octanol–water partition coefficient (Wildman–Crippen LogP) is 3.85. The van der Waals surface area contributed by atoms with Crippen molar-refractivity contribution < 1.29 is 9.84 Å². The maximum absolute atomic E-state index is 9.59. The third-order valence-corrected chi connectivity index (χ3v) is 2.73. The molecule has 0 aliphatic heterocycles. The summed E-state index contributed by atoms with van der Waals surface area (Å²) < 4.78 is 6.60. The van der Waals surface area contributed by atoms with Gasteiger partial charge >= 0.3 is 0 Å². The summed E-state index contributed by atoms with van der Waals surface area (Å²) >= 11 is 3.39. The first-order valence-corrected chi connectivity index (χ1v) is 6.15. The Morgan fingerprint density at radius 3 is 2.94 bits per heavy atom. The lowest BCUT2D eigenvalue weighted by atomic mass is 10.1. The van der Waals surface area contributed by atoms with Crippen molar-refractivity contribution in [2.45, 2.75) is 25.9 Å². The number of benzene rings is 1. The largest absolute Gasteiger partial charge is 0.493 e. The van der Waals surface area contributed by atoms with Gasteiger partial charge in [0.05, 0.1) is 12.7 Å². The molecule has 0 heterocycles. The maximum Gasteiger partial charge on any atom is 0.126 e. The second-order valence-electron chi connectivity index (χ2n) is 3.64. The average molecular weight is 285 g/mol. The highest BCUT2D eigenvalue weighted by molar-refractivity contribution is 9.10. The van der Waals surface area contributed by atoms with E-state index in [2.05, 4.69) is 22.5 Å². The third-order valence-electron chi connectivity index (χ3n) is 2.24. The first-order chi connectivity index (χ1) is 7.65. The summed E-state index contributed by atoms with van der Waals surface area (Å²) in [4.78, 5) is 0. The molecule has 1 atom stereocenters. The van der Waals surface area contributed by atoms with Crippen LogP contribution in [0.25, 0.3) is 0 Å². The van der Waals surface area contributed by atoms with Crippen LogP contribution in [0.1, 0.15) is 31.4 Å². The number of hydrogen-bond donors (Lipinski definition) is 1. The fraction of sp³-hybridized carbons (Fsp3) is 0.385. The van der Waals surface area contributed by atoms with Crippen molar-refractivity contribution in [3.05, 3.63) is 40.9 Å². The fourth-order valence-corrected chi connectivity index (χ4v) is 1.73. The van der Waals surface area contributed by atoms with Crippen molar-refractivity contribution in [3.8, 4) is 5.75 Å². The Bertz CT molecular complexity index is 348. The van der Waals surface area contributed by atoms with Crippen LogP contribution in [0.2, 0.25) is 0 Å². The Kier molecular flexibility index (Phi) is 5.56. The maximum atomic E-state index is 9.59. The van der Waals surface area contributed by atoms with E-state index in [1.807, 2.05) is 24.3 Å². The quantitative estimate of drug-likeness (QED) is 0.635. The van der Waals surface area contributed by atoms with Crippen molar-refractivity contribution in [2.24, 2.45) is 0 Å². The van der Waals surface area contributed by atoms with Crippen molar-refractivity contribution in [3.63, 3.8) is 0 Å². The minimum Gasteiger partial charge on any atom is -0.493 e. The Hall–Kier alpha value is -0.800. The van der Waals surface area contributed by atoms with Gasteiger partial charge in [0, 0.05) is 10.0 Å². The van der Waals surface area contributed by atoms with Crippen molar-refractivity contribution in [1.29, 1.82) is 0 Å². The van der Waals surface area contributed by atoms with E-state index in [0.29, 0.717) is 6.61 Å². The molecule has 0 aliphatic rings. The first kappa shape index (κ1) is 13.3. The normalized spacial score (nSPS) is 12.2. The van der Waals surface area contributed by atoms with Gasteiger partial charge in [0.25, 0.3) is 0 Å². The molecule has 0 saturated heterocycles. The Labute approximate surface area is 105 Å². The van der Waals surface area contributed by atoms with E-state index in [9.17, 15) is 5.11 Å². The molecule has 0 aromatic heterocycles. The molecular weight excluding hydrogens is 268 g/mol. The zero-order valence-corrected chi connectivity index (χ0v) is 11.0. The molecule has 0 saturated carbocycles. The number of rotatable bonds is 6. The van der Waals surface area contributed by atoms with Gasteiger partial charge in [-0.25, -0.2) is 0 Å². The van der Waals surface area contributed by atoms with Gasteiger partial charge in [-0.1, -0.05) is 28.1 Å². The average Bonchev–Trinajstić information content (AvgIpc) is 2.24. The van der Waals surface area contributed by atoms with Crippen LogP contribution in [0.4, 0.5) is 0 Å². The molecule has 1 aromatic carbocycles. The van der Waals surface area contributed by atoms with Gasteiger partial charge < -0.3 is 9.84 Å². The van der Waals surface area contributed by atoms with Gasteiger partial charge in [0.15, 0.2) is 0 Å². The van der Waals surface area contributed by atoms with E-state index in [1.54, 1.807) is 6.92 Å². The fourth-order valence-electron chi connectivity index (χ4n) is 1.39. The van der Waals surface area contributed by atoms with Crippen LogP contribution in [0.5, 0.6) is 5.75 Å². The topological polar surface area (TPSA) is 29.5 Å². The zero-order valence-electron chi connectivity index (χ0n) is 9.45. The summed E-state index contributed by atoms with van der Waals surface area (Å²) in [6.45, 7) is 6.04. The van der Waals surface area contributed by atoms with E-state index < -0.39 is 6.10 Å². The molecule has 1 aromatic rings. The molecule has 1 rings (SSSR count). The molecule has 0 radical (unpaired) electrons. The molecule has 0 bridgehead atoms. The van der Waals surface area contributed by atoms with Crippen molar-refractivity contribution in [2.75, 3.05) is 6.61 Å². The van der Waals surface area contributed by atoms with E-state index in [1.165, 1.54) is 0 Å². The number of hydrogen-bond acceptors (Lipinski definition) is 2. The van der Waals surface area contributed by atoms with Crippen LogP contribution in [0, 0.1) is 0 Å². The lowest BCUT2D eigenvalue weighted by Gasteiger charge is -2.13. The zero-order chi connectivity index (χ0) is 12.0. The monoisotopic (exact) mass is 284 g/mol. The molecule has 1 N–H and O–H groups in total. The summed E-state index contributed by atoms with van der Waals surface area (Å²) in [6.07, 6.45) is 3.25. The molecular formula is C13H17BrO2. The number of unbranched alkanes of at least 4 members (excludes halogenated alkanes) is 1. The van der Waals surface area contributed by atoms with Crippen LogP contribution in [0.15, 0.2) is 35.3 Å². The minimum absolute atomic E-state index is 0.512. The van der Waals surface area contributed by atoms with Gasteiger partial charge in [-0.3, -0.25) is 0 Å². The first-order valence-electron chi connectivity index (χ1n) is 5.36. The Morgan fingerprint density at radius 1 is 1.56 bits per heavy atom. The van der Waals surface area contributed by atoms with Crippen LogP contribution in [-0.4, -0.2) is 11.7 Å². The molecule has 0 spiro atoms. The van der Waals surface area contributed by atoms with E-state index >= 15 is 0 Å². The number of aliphatic hydroxyl groups excluding tert-OH is 1. The van der Waals surface area contributed by atoms with Gasteiger partial charge in [0.1, 0.15) is 5.75 Å². The molecule has 88 valence electrons. The Balaban J connectivity index is 2.68. The minimum atomic E-state index is -0.512. The van der Waals surface area contributed by atoms with Gasteiger partial charge in [-0.05, 0) is 31.9 Å². The number of allylic oxidation sites excluding steroid dienone is 1. The number of ether oxygens (including phenoxy) is 1. The van der Waals surface area contributed by atoms with Crippen LogP contribution in [-0.2, 0) is 0 Å². The third kappa shape index (κ3) is 3.99. The van der Waals surface area contributed by atoms with Crippen LogP contribution < -0.4 is 4.74 Å². The molecule has 0 unspecified atom stereocenters. The smallest absolute Gasteiger partial charge is 0.126 e. The van der Waals surface area contributed by atoms with E-state index in [4.69, 9.17) is 4.74 Å². The predicted molar refractivity (Wildman–Crippen MR) is 69.7 cm³/mol. The molecule has 16 heavy (non-hydrogen) atoms. The van der Waals surface area contributed by atoms with Crippen molar-refractivity contribution in [1.82, 2.24) is 0 Å². The second kappa shape index (κ2) is 6.71. The highest BCUT2D eigenvalue weighted by atomic mass is 79.9. The standard InChI is InChI=1S/C13H17BrO2/c1-3-4-5-8-16-13-9-11(14)6-7-12(13)10(2)15/h3,6-7,9-10,15H,1,4-5,8H2,2H3/t10-/m0/s1.